The molecule has 6 nitrogen and oxygen atoms in total. The van der Waals surface area contributed by atoms with Gasteiger partial charge in [0.2, 0.25) is 0 Å². The van der Waals surface area contributed by atoms with Crippen LogP contribution >= 0.6 is 11.8 Å². The van der Waals surface area contributed by atoms with Crippen LogP contribution in [0.15, 0.2) is 83.1 Å². The maximum Gasteiger partial charge on any atom is 0.126 e. The van der Waals surface area contributed by atoms with Crippen molar-refractivity contribution >= 4 is 11.8 Å². The third-order valence-electron chi connectivity index (χ3n) is 3.25. The zero-order valence-electron chi connectivity index (χ0n) is 12.0. The molecule has 2 aromatic heterocycles. The molecule has 0 spiro atoms. The second kappa shape index (κ2) is 6.05. The molecule has 0 radical (unpaired) electrons. The van der Waals surface area contributed by atoms with E-state index in [4.69, 9.17) is 0 Å². The normalized spacial score (nSPS) is 10.8. The molecule has 0 unspecified atom stereocenters. The monoisotopic (exact) mass is 320 g/mol. The van der Waals surface area contributed by atoms with Gasteiger partial charge in [0.25, 0.3) is 0 Å². The van der Waals surface area contributed by atoms with Crippen LogP contribution in [0.1, 0.15) is 0 Å². The summed E-state index contributed by atoms with van der Waals surface area (Å²) >= 11 is 1.52. The van der Waals surface area contributed by atoms with Crippen molar-refractivity contribution in [3.63, 3.8) is 0 Å². The minimum absolute atomic E-state index is 0.899. The molecule has 0 saturated carbocycles. The maximum atomic E-state index is 4.17. The molecule has 0 bridgehead atoms. The first-order valence-electron chi connectivity index (χ1n) is 7.02. The van der Waals surface area contributed by atoms with Crippen LogP contribution < -0.4 is 0 Å². The van der Waals surface area contributed by atoms with E-state index in [0.29, 0.717) is 0 Å². The lowest BCUT2D eigenvalue weighted by Gasteiger charge is -2.07. The molecule has 0 aliphatic heterocycles. The first-order valence-corrected chi connectivity index (χ1v) is 7.83. The summed E-state index contributed by atoms with van der Waals surface area (Å²) in [7, 11) is 0. The minimum Gasteiger partial charge on any atom is -0.207 e. The van der Waals surface area contributed by atoms with Crippen molar-refractivity contribution in [3.8, 4) is 11.4 Å². The van der Waals surface area contributed by atoms with E-state index >= 15 is 0 Å². The molecule has 7 heteroatoms. The summed E-state index contributed by atoms with van der Waals surface area (Å²) in [5.74, 6) is 0. The fourth-order valence-corrected chi connectivity index (χ4v) is 3.06. The molecular formula is C16H12N6S. The first-order chi connectivity index (χ1) is 11.4. The van der Waals surface area contributed by atoms with E-state index in [1.165, 1.54) is 11.8 Å². The second-order valence-corrected chi connectivity index (χ2v) is 5.78. The molecule has 0 saturated heterocycles. The van der Waals surface area contributed by atoms with Crippen molar-refractivity contribution in [2.45, 2.75) is 10.1 Å². The van der Waals surface area contributed by atoms with Crippen molar-refractivity contribution < 1.29 is 0 Å². The van der Waals surface area contributed by atoms with Gasteiger partial charge in [-0.2, -0.15) is 0 Å². The topological polar surface area (TPSA) is 61.4 Å². The van der Waals surface area contributed by atoms with Crippen LogP contribution in [0.25, 0.3) is 11.4 Å². The molecular weight excluding hydrogens is 308 g/mol. The van der Waals surface area contributed by atoms with Crippen LogP contribution in [0.4, 0.5) is 0 Å². The molecule has 0 fully saturated rings. The summed E-state index contributed by atoms with van der Waals surface area (Å²) in [6.45, 7) is 0. The van der Waals surface area contributed by atoms with E-state index in [0.717, 1.165) is 21.4 Å². The van der Waals surface area contributed by atoms with Crippen LogP contribution in [0.5, 0.6) is 0 Å². The summed E-state index contributed by atoms with van der Waals surface area (Å²) in [4.78, 5) is 0. The van der Waals surface area contributed by atoms with Gasteiger partial charge in [-0.15, -0.1) is 10.2 Å². The lowest BCUT2D eigenvalue weighted by molar-refractivity contribution is 0.743. The van der Waals surface area contributed by atoms with Crippen LogP contribution in [0.2, 0.25) is 0 Å². The van der Waals surface area contributed by atoms with Crippen LogP contribution in [-0.2, 0) is 0 Å². The van der Waals surface area contributed by atoms with Gasteiger partial charge >= 0.3 is 0 Å². The summed E-state index contributed by atoms with van der Waals surface area (Å²) in [5.41, 5.74) is 1.93. The summed E-state index contributed by atoms with van der Waals surface area (Å²) in [6.07, 6.45) is 3.47. The number of nitrogens with zero attached hydrogens (tertiary/aromatic N) is 6. The smallest absolute Gasteiger partial charge is 0.126 e. The molecule has 23 heavy (non-hydrogen) atoms. The van der Waals surface area contributed by atoms with Crippen LogP contribution in [0, 0.1) is 0 Å². The van der Waals surface area contributed by atoms with Gasteiger partial charge in [-0.1, -0.05) is 46.8 Å². The Morgan fingerprint density at radius 1 is 0.609 bits per heavy atom. The molecule has 0 atom stereocenters. The number of aromatic nitrogens is 6. The lowest BCUT2D eigenvalue weighted by atomic mass is 10.3. The van der Waals surface area contributed by atoms with Crippen LogP contribution in [0.3, 0.4) is 0 Å². The van der Waals surface area contributed by atoms with Gasteiger partial charge in [0.1, 0.15) is 10.1 Å². The Morgan fingerprint density at radius 2 is 1.04 bits per heavy atom. The summed E-state index contributed by atoms with van der Waals surface area (Å²) < 4.78 is 3.60. The average Bonchev–Trinajstić information content (AvgIpc) is 3.26. The Bertz CT molecular complexity index is 825. The van der Waals surface area contributed by atoms with Gasteiger partial charge in [0, 0.05) is 0 Å². The Balaban J connectivity index is 1.69. The van der Waals surface area contributed by atoms with Crippen molar-refractivity contribution in [1.29, 1.82) is 0 Å². The third-order valence-corrected chi connectivity index (χ3v) is 4.22. The Kier molecular flexibility index (Phi) is 3.61. The number of benzene rings is 2. The molecule has 0 aliphatic rings. The standard InChI is InChI=1S/C16H12N6S/c1-3-7-13(8-4-1)21-15(11-17-19-21)23-16-12-18-20-22(16)14-9-5-2-6-10-14/h1-12H. The summed E-state index contributed by atoms with van der Waals surface area (Å²) in [5, 5.41) is 18.2. The summed E-state index contributed by atoms with van der Waals surface area (Å²) in [6, 6.07) is 19.8. The average molecular weight is 320 g/mol. The number of hydrogen-bond acceptors (Lipinski definition) is 5. The van der Waals surface area contributed by atoms with Gasteiger partial charge in [-0.3, -0.25) is 0 Å². The van der Waals surface area contributed by atoms with E-state index in [-0.39, 0.29) is 0 Å². The largest absolute Gasteiger partial charge is 0.207 e. The van der Waals surface area contributed by atoms with E-state index in [9.17, 15) is 0 Å². The van der Waals surface area contributed by atoms with E-state index in [1.807, 2.05) is 60.7 Å². The molecule has 4 aromatic rings. The van der Waals surface area contributed by atoms with Crippen molar-refractivity contribution in [3.05, 3.63) is 73.1 Å². The van der Waals surface area contributed by atoms with Gasteiger partial charge in [0.15, 0.2) is 0 Å². The maximum absolute atomic E-state index is 4.17. The van der Waals surface area contributed by atoms with Crippen LogP contribution in [-0.4, -0.2) is 30.0 Å². The van der Waals surface area contributed by atoms with Gasteiger partial charge in [0.05, 0.1) is 23.8 Å². The minimum atomic E-state index is 0.899. The first kappa shape index (κ1) is 13.7. The van der Waals surface area contributed by atoms with E-state index in [2.05, 4.69) is 20.6 Å². The molecule has 2 aromatic carbocycles. The third kappa shape index (κ3) is 2.74. The number of hydrogen-bond donors (Lipinski definition) is 0. The second-order valence-electron chi connectivity index (χ2n) is 4.74. The van der Waals surface area contributed by atoms with Gasteiger partial charge in [-0.25, -0.2) is 9.36 Å². The lowest BCUT2D eigenvalue weighted by Crippen LogP contribution is -2.00. The Labute approximate surface area is 136 Å². The Morgan fingerprint density at radius 3 is 1.48 bits per heavy atom. The molecule has 0 aliphatic carbocycles. The highest BCUT2D eigenvalue weighted by Gasteiger charge is 2.13. The highest BCUT2D eigenvalue weighted by Crippen LogP contribution is 2.29. The molecule has 0 N–H and O–H groups in total. The fourth-order valence-electron chi connectivity index (χ4n) is 2.19. The predicted molar refractivity (Wildman–Crippen MR) is 86.8 cm³/mol. The highest BCUT2D eigenvalue weighted by atomic mass is 32.2. The molecule has 4 rings (SSSR count). The predicted octanol–water partition coefficient (Wildman–Crippen LogP) is 3.00. The van der Waals surface area contributed by atoms with Crippen molar-refractivity contribution in [2.75, 3.05) is 0 Å². The van der Waals surface area contributed by atoms with Gasteiger partial charge in [-0.05, 0) is 36.0 Å². The van der Waals surface area contributed by atoms with Crippen molar-refractivity contribution in [1.82, 2.24) is 30.0 Å². The molecule has 0 amide bonds. The Hall–Kier alpha value is -2.93. The molecule has 112 valence electrons. The SMILES string of the molecule is c1ccc(-n2nncc2Sc2cnnn2-c2ccccc2)cc1. The number of para-hydroxylation sites is 2. The molecule has 2 heterocycles. The van der Waals surface area contributed by atoms with Crippen molar-refractivity contribution in [2.24, 2.45) is 0 Å². The zero-order valence-corrected chi connectivity index (χ0v) is 12.8. The quantitative estimate of drug-likeness (QED) is 0.578. The van der Waals surface area contributed by atoms with E-state index in [1.54, 1.807) is 21.8 Å². The highest BCUT2D eigenvalue weighted by molar-refractivity contribution is 7.99. The number of rotatable bonds is 4. The van der Waals surface area contributed by atoms with E-state index < -0.39 is 0 Å². The fraction of sp³-hybridized carbons (Fsp3) is 0. The van der Waals surface area contributed by atoms with Gasteiger partial charge < -0.3 is 0 Å². The zero-order chi connectivity index (χ0) is 15.5.